The lowest BCUT2D eigenvalue weighted by Gasteiger charge is -2.41. The highest BCUT2D eigenvalue weighted by Gasteiger charge is 2.24. The van der Waals surface area contributed by atoms with Crippen LogP contribution in [-0.2, 0) is 20.2 Å². The second-order valence-electron chi connectivity index (χ2n) is 9.28. The van der Waals surface area contributed by atoms with Crippen molar-refractivity contribution in [2.75, 3.05) is 24.2 Å². The Morgan fingerprint density at radius 2 is 1.76 bits per heavy atom. The maximum Gasteiger partial charge on any atom is 0.215 e. The summed E-state index contributed by atoms with van der Waals surface area (Å²) >= 11 is 0. The summed E-state index contributed by atoms with van der Waals surface area (Å²) < 4.78 is 23.3. The third-order valence-corrected chi connectivity index (χ3v) is 7.23. The van der Waals surface area contributed by atoms with E-state index in [2.05, 4.69) is 53.4 Å². The number of nitrogens with zero attached hydrogens (tertiary/aromatic N) is 4. The molecular formula is C26H30N5O2S+. The van der Waals surface area contributed by atoms with Crippen molar-refractivity contribution in [1.82, 2.24) is 19.9 Å². The van der Waals surface area contributed by atoms with E-state index in [0.29, 0.717) is 12.1 Å². The first-order valence-electron chi connectivity index (χ1n) is 11.5. The van der Waals surface area contributed by atoms with E-state index in [-0.39, 0.29) is 5.75 Å². The van der Waals surface area contributed by atoms with Crippen molar-refractivity contribution in [2.24, 2.45) is 0 Å². The van der Waals surface area contributed by atoms with Crippen LogP contribution in [0.1, 0.15) is 19.4 Å². The van der Waals surface area contributed by atoms with Crippen LogP contribution in [0.4, 0.5) is 5.69 Å². The van der Waals surface area contributed by atoms with E-state index in [1.807, 2.05) is 36.7 Å². The molecule has 5 rings (SSSR count). The Morgan fingerprint density at radius 1 is 1.03 bits per heavy atom. The average molecular weight is 477 g/mol. The third kappa shape index (κ3) is 4.61. The largest absolute Gasteiger partial charge is 0.364 e. The first-order chi connectivity index (χ1) is 16.3. The molecule has 1 aliphatic rings. The molecule has 34 heavy (non-hydrogen) atoms. The van der Waals surface area contributed by atoms with Crippen molar-refractivity contribution in [3.8, 4) is 22.3 Å². The van der Waals surface area contributed by atoms with Gasteiger partial charge in [-0.15, -0.1) is 0 Å². The molecule has 2 aromatic carbocycles. The van der Waals surface area contributed by atoms with Crippen LogP contribution in [0.3, 0.4) is 0 Å². The molecule has 176 valence electrons. The van der Waals surface area contributed by atoms with E-state index in [1.165, 1.54) is 11.9 Å². The minimum Gasteiger partial charge on any atom is -0.364 e. The first kappa shape index (κ1) is 22.7. The molecule has 4 aromatic rings. The van der Waals surface area contributed by atoms with Crippen LogP contribution in [-0.4, -0.2) is 50.6 Å². The van der Waals surface area contributed by atoms with Crippen LogP contribution < -0.4 is 10.2 Å². The van der Waals surface area contributed by atoms with Gasteiger partial charge in [-0.05, 0) is 43.2 Å². The van der Waals surface area contributed by atoms with Crippen LogP contribution in [0.5, 0.6) is 0 Å². The molecule has 0 radical (unpaired) electrons. The molecule has 1 aliphatic heterocycles. The number of piperazine rings is 1. The predicted octanol–water partition coefficient (Wildman–Crippen LogP) is 4.35. The zero-order valence-corrected chi connectivity index (χ0v) is 20.5. The maximum absolute atomic E-state index is 11.8. The molecular weight excluding hydrogens is 446 g/mol. The number of aromatic nitrogens is 3. The van der Waals surface area contributed by atoms with Crippen molar-refractivity contribution >= 4 is 21.5 Å². The molecule has 0 bridgehead atoms. The molecule has 1 unspecified atom stereocenters. The van der Waals surface area contributed by atoms with Gasteiger partial charge in [0.05, 0.1) is 6.20 Å². The third-order valence-electron chi connectivity index (χ3n) is 6.36. The zero-order chi connectivity index (χ0) is 23.9. The average Bonchev–Trinajstić information content (AvgIpc) is 3.22. The smallest absolute Gasteiger partial charge is 0.215 e. The fraction of sp³-hybridized carbons (Fsp3) is 0.308. The number of fused-ring (bicyclic) bond motifs is 1. The standard InChI is InChI=1S/C26H29N5O2S/c1-18-12-27-13-19(2)31(18)24-9-7-21(8-10-24)23-14-28-26-25(15-29-30(26)16-23)22-6-4-5-20(11-22)17-34(3,32)33/h4-11,14-16,18-19,27H,12-13,17H2,1-3H3/p+1/t18-,19+. The normalized spacial score (nSPS) is 20.4. The number of hydrogen-bond acceptors (Lipinski definition) is 5. The van der Waals surface area contributed by atoms with Gasteiger partial charge in [0.1, 0.15) is 6.26 Å². The lowest BCUT2D eigenvalue weighted by molar-refractivity contribution is 0.432. The highest BCUT2D eigenvalue weighted by Crippen LogP contribution is 2.29. The fourth-order valence-corrected chi connectivity index (χ4v) is 5.63. The number of hydrogen-bond donors (Lipinski definition) is 2. The summed E-state index contributed by atoms with van der Waals surface area (Å²) in [6.45, 7) is 6.50. The molecule has 3 atom stereocenters. The molecule has 0 saturated carbocycles. The first-order valence-corrected chi connectivity index (χ1v) is 13.6. The summed E-state index contributed by atoms with van der Waals surface area (Å²) in [4.78, 5) is 7.19. The van der Waals surface area contributed by atoms with E-state index >= 15 is 0 Å². The lowest BCUT2D eigenvalue weighted by atomic mass is 10.0. The van der Waals surface area contributed by atoms with Crippen molar-refractivity contribution in [3.05, 3.63) is 72.7 Å². The Hall–Kier alpha value is -3.07. The predicted molar refractivity (Wildman–Crippen MR) is 138 cm³/mol. The number of nitrogens with one attached hydrogen (secondary N) is 1. The Labute approximate surface area is 201 Å². The topological polar surface area (TPSA) is 82.8 Å². The summed E-state index contributed by atoms with van der Waals surface area (Å²) in [7, 11) is -2.85. The van der Waals surface area contributed by atoms with Gasteiger partial charge in [0.15, 0.2) is 11.4 Å². The van der Waals surface area contributed by atoms with Gasteiger partial charge in [-0.25, -0.2) is 9.50 Å². The second kappa shape index (κ2) is 8.94. The van der Waals surface area contributed by atoms with Gasteiger partial charge in [-0.1, -0.05) is 34.5 Å². The van der Waals surface area contributed by atoms with Crippen LogP contribution in [0.15, 0.2) is 67.1 Å². The molecule has 0 spiro atoms. The highest BCUT2D eigenvalue weighted by molar-refractivity contribution is 7.96. The molecule has 3 heterocycles. The van der Waals surface area contributed by atoms with Gasteiger partial charge in [0.25, 0.3) is 0 Å². The summed E-state index contributed by atoms with van der Waals surface area (Å²) in [5, 5.41) is 8.01. The van der Waals surface area contributed by atoms with Crippen molar-refractivity contribution in [2.45, 2.75) is 31.7 Å². The van der Waals surface area contributed by atoms with Gasteiger partial charge in [-0.3, -0.25) is 0 Å². The van der Waals surface area contributed by atoms with Crippen LogP contribution in [0.25, 0.3) is 27.9 Å². The summed E-state index contributed by atoms with van der Waals surface area (Å²) in [6, 6.07) is 17.2. The highest BCUT2D eigenvalue weighted by atomic mass is 32.3. The van der Waals surface area contributed by atoms with Gasteiger partial charge < -0.3 is 10.2 Å². The van der Waals surface area contributed by atoms with Gasteiger partial charge in [0, 0.05) is 59.9 Å². The van der Waals surface area contributed by atoms with Gasteiger partial charge in [-0.2, -0.15) is 9.65 Å². The summed E-state index contributed by atoms with van der Waals surface area (Å²) in [5.74, 6) is 0.124. The Bertz CT molecular complexity index is 1350. The van der Waals surface area contributed by atoms with Gasteiger partial charge >= 0.3 is 0 Å². The molecule has 0 aliphatic carbocycles. The van der Waals surface area contributed by atoms with Crippen molar-refractivity contribution in [1.29, 1.82) is 0 Å². The van der Waals surface area contributed by atoms with E-state index in [0.717, 1.165) is 46.6 Å². The zero-order valence-electron chi connectivity index (χ0n) is 19.7. The lowest BCUT2D eigenvalue weighted by Crippen LogP contribution is -2.55. The minimum absolute atomic E-state index is 0.124. The summed E-state index contributed by atoms with van der Waals surface area (Å²) in [6.07, 6.45) is 7.02. The fourth-order valence-electron chi connectivity index (χ4n) is 4.83. The van der Waals surface area contributed by atoms with Crippen LogP contribution in [0, 0.1) is 0 Å². The Morgan fingerprint density at radius 3 is 2.47 bits per heavy atom. The molecule has 1 saturated heterocycles. The molecule has 7 nitrogen and oxygen atoms in total. The van der Waals surface area contributed by atoms with Gasteiger partial charge in [0.2, 0.25) is 10.2 Å². The monoisotopic (exact) mass is 476 g/mol. The van der Waals surface area contributed by atoms with E-state index in [1.54, 1.807) is 10.7 Å². The van der Waals surface area contributed by atoms with Crippen molar-refractivity contribution < 1.29 is 8.76 Å². The molecule has 8 heteroatoms. The van der Waals surface area contributed by atoms with E-state index in [9.17, 15) is 8.76 Å². The minimum atomic E-state index is -2.85. The Kier molecular flexibility index (Phi) is 5.97. The SMILES string of the molecule is C[C@@H]1CNC[C@H](C)N1c1ccc(-c2cnc3c(-c4cccc(C[S+](C)(=O)O)c4)cnn3c2)cc1. The van der Waals surface area contributed by atoms with Crippen molar-refractivity contribution in [3.63, 3.8) is 0 Å². The molecule has 0 amide bonds. The number of anilines is 1. The van der Waals surface area contributed by atoms with E-state index in [4.69, 9.17) is 4.98 Å². The molecule has 2 N–H and O–H groups in total. The summed E-state index contributed by atoms with van der Waals surface area (Å²) in [5.41, 5.74) is 6.72. The van der Waals surface area contributed by atoms with E-state index < -0.39 is 10.2 Å². The maximum atomic E-state index is 11.8. The molecule has 1 fully saturated rings. The quantitative estimate of drug-likeness (QED) is 0.417. The number of benzene rings is 2. The molecule has 2 aromatic heterocycles. The Balaban J connectivity index is 1.42. The number of rotatable bonds is 5. The van der Waals surface area contributed by atoms with Crippen LogP contribution in [0.2, 0.25) is 0 Å². The van der Waals surface area contributed by atoms with Crippen LogP contribution >= 0.6 is 0 Å². The second-order valence-corrected chi connectivity index (χ2v) is 11.5.